The first-order chi connectivity index (χ1) is 12.6. The predicted octanol–water partition coefficient (Wildman–Crippen LogP) is 2.09. The van der Waals surface area contributed by atoms with Gasteiger partial charge >= 0.3 is 0 Å². The highest BCUT2D eigenvalue weighted by atomic mass is 16.5. The number of fused-ring (bicyclic) bond motifs is 1. The summed E-state index contributed by atoms with van der Waals surface area (Å²) >= 11 is 0. The molecule has 3 heterocycles. The normalized spacial score (nSPS) is 16.7. The molecule has 1 aliphatic rings. The fourth-order valence-electron chi connectivity index (χ4n) is 3.25. The second-order valence-corrected chi connectivity index (χ2v) is 6.46. The number of aryl methyl sites for hydroxylation is 1. The maximum Gasteiger partial charge on any atom is 0.246 e. The van der Waals surface area contributed by atoms with Crippen LogP contribution in [-0.2, 0) is 17.9 Å². The summed E-state index contributed by atoms with van der Waals surface area (Å²) in [5.41, 5.74) is 2.68. The lowest BCUT2D eigenvalue weighted by molar-refractivity contribution is -0.137. The molecule has 4 rings (SSSR count). The summed E-state index contributed by atoms with van der Waals surface area (Å²) in [5, 5.41) is 15.7. The van der Waals surface area contributed by atoms with Crippen molar-refractivity contribution in [3.8, 4) is 17.3 Å². The molecule has 1 aromatic carbocycles. The van der Waals surface area contributed by atoms with Gasteiger partial charge in [0.15, 0.2) is 11.6 Å². The minimum absolute atomic E-state index is 0.0432. The van der Waals surface area contributed by atoms with Crippen molar-refractivity contribution in [1.82, 2.24) is 29.9 Å². The van der Waals surface area contributed by atoms with Crippen LogP contribution in [-0.4, -0.2) is 42.9 Å². The van der Waals surface area contributed by atoms with E-state index in [2.05, 4.69) is 20.4 Å². The zero-order valence-corrected chi connectivity index (χ0v) is 14.9. The van der Waals surface area contributed by atoms with Gasteiger partial charge in [-0.3, -0.25) is 14.5 Å². The first kappa shape index (κ1) is 16.3. The van der Waals surface area contributed by atoms with Crippen molar-refractivity contribution < 1.29 is 9.53 Å². The van der Waals surface area contributed by atoms with E-state index in [1.165, 1.54) is 0 Å². The third-order valence-corrected chi connectivity index (χ3v) is 4.62. The lowest BCUT2D eigenvalue weighted by Gasteiger charge is -2.32. The molecule has 0 saturated heterocycles. The highest BCUT2D eigenvalue weighted by molar-refractivity contribution is 5.81. The summed E-state index contributed by atoms with van der Waals surface area (Å²) in [7, 11) is 1.64. The number of carbonyl (C=O) groups is 1. The molecule has 1 amide bonds. The molecule has 0 unspecified atom stereocenters. The number of benzene rings is 1. The SMILES string of the molecule is COc1ccc(CN2Cc3nnc(-c4cc(C)[nH]n4)n3[C@@H](C)C2=O)cc1. The summed E-state index contributed by atoms with van der Waals surface area (Å²) in [6.45, 7) is 4.75. The molecule has 0 aliphatic carbocycles. The third kappa shape index (κ3) is 2.73. The van der Waals surface area contributed by atoms with Crippen LogP contribution in [0.2, 0.25) is 0 Å². The molecular formula is C18H20N6O2. The van der Waals surface area contributed by atoms with E-state index in [9.17, 15) is 4.79 Å². The molecule has 0 spiro atoms. The van der Waals surface area contributed by atoms with Crippen LogP contribution in [0, 0.1) is 6.92 Å². The number of nitrogens with zero attached hydrogens (tertiary/aromatic N) is 5. The van der Waals surface area contributed by atoms with Crippen LogP contribution in [0.4, 0.5) is 0 Å². The van der Waals surface area contributed by atoms with Crippen LogP contribution >= 0.6 is 0 Å². The molecular weight excluding hydrogens is 332 g/mol. The van der Waals surface area contributed by atoms with E-state index in [0.29, 0.717) is 24.6 Å². The van der Waals surface area contributed by atoms with Gasteiger partial charge in [-0.25, -0.2) is 0 Å². The fourth-order valence-corrected chi connectivity index (χ4v) is 3.25. The number of hydrogen-bond acceptors (Lipinski definition) is 5. The second kappa shape index (κ2) is 6.29. The molecule has 1 aliphatic heterocycles. The summed E-state index contributed by atoms with van der Waals surface area (Å²) in [6.07, 6.45) is 0. The van der Waals surface area contributed by atoms with E-state index in [-0.39, 0.29) is 11.9 Å². The van der Waals surface area contributed by atoms with Crippen molar-refractivity contribution in [2.75, 3.05) is 7.11 Å². The van der Waals surface area contributed by atoms with Crippen LogP contribution in [0.1, 0.15) is 30.0 Å². The molecule has 26 heavy (non-hydrogen) atoms. The Balaban J connectivity index is 1.61. The van der Waals surface area contributed by atoms with Crippen LogP contribution in [0.3, 0.4) is 0 Å². The number of H-pyrrole nitrogens is 1. The van der Waals surface area contributed by atoms with E-state index >= 15 is 0 Å². The minimum Gasteiger partial charge on any atom is -0.497 e. The van der Waals surface area contributed by atoms with E-state index in [1.807, 2.05) is 48.7 Å². The van der Waals surface area contributed by atoms with E-state index < -0.39 is 0 Å². The summed E-state index contributed by atoms with van der Waals surface area (Å²) in [5.74, 6) is 2.22. The number of rotatable bonds is 4. The highest BCUT2D eigenvalue weighted by Crippen LogP contribution is 2.28. The molecule has 3 aromatic rings. The van der Waals surface area contributed by atoms with Gasteiger partial charge in [-0.15, -0.1) is 10.2 Å². The van der Waals surface area contributed by atoms with Crippen LogP contribution in [0.25, 0.3) is 11.5 Å². The number of amides is 1. The fraction of sp³-hybridized carbons (Fsp3) is 0.333. The van der Waals surface area contributed by atoms with Gasteiger partial charge in [0.1, 0.15) is 17.5 Å². The molecule has 0 radical (unpaired) electrons. The topological polar surface area (TPSA) is 88.9 Å². The van der Waals surface area contributed by atoms with Crippen LogP contribution < -0.4 is 4.74 Å². The standard InChI is InChI=1S/C18H20N6O2/c1-11-8-15(20-19-11)17-22-21-16-10-23(18(25)12(2)24(16)17)9-13-4-6-14(26-3)7-5-13/h4-8,12H,9-10H2,1-3H3,(H,19,20)/t12-/m0/s1. The molecule has 2 aromatic heterocycles. The molecule has 1 N–H and O–H groups in total. The second-order valence-electron chi connectivity index (χ2n) is 6.46. The Labute approximate surface area is 150 Å². The smallest absolute Gasteiger partial charge is 0.246 e. The first-order valence-electron chi connectivity index (χ1n) is 8.44. The zero-order valence-electron chi connectivity index (χ0n) is 14.9. The number of methoxy groups -OCH3 is 1. The van der Waals surface area contributed by atoms with E-state index in [1.54, 1.807) is 12.0 Å². The van der Waals surface area contributed by atoms with Crippen molar-refractivity contribution >= 4 is 5.91 Å². The molecule has 134 valence electrons. The molecule has 8 heteroatoms. The summed E-state index contributed by atoms with van der Waals surface area (Å²) in [6, 6.07) is 9.25. The Morgan fingerprint density at radius 1 is 1.27 bits per heavy atom. The van der Waals surface area contributed by atoms with Crippen molar-refractivity contribution in [3.05, 3.63) is 47.4 Å². The van der Waals surface area contributed by atoms with Gasteiger partial charge in [0.25, 0.3) is 0 Å². The number of nitrogens with one attached hydrogen (secondary N) is 1. The van der Waals surface area contributed by atoms with Crippen molar-refractivity contribution in [1.29, 1.82) is 0 Å². The van der Waals surface area contributed by atoms with Crippen molar-refractivity contribution in [2.24, 2.45) is 0 Å². The number of aromatic nitrogens is 5. The van der Waals surface area contributed by atoms with Gasteiger partial charge in [0, 0.05) is 12.2 Å². The molecule has 0 saturated carbocycles. The maximum absolute atomic E-state index is 12.9. The van der Waals surface area contributed by atoms with Crippen molar-refractivity contribution in [2.45, 2.75) is 33.0 Å². The molecule has 0 bridgehead atoms. The Bertz CT molecular complexity index is 943. The maximum atomic E-state index is 12.9. The van der Waals surface area contributed by atoms with Crippen molar-refractivity contribution in [3.63, 3.8) is 0 Å². The van der Waals surface area contributed by atoms with Gasteiger partial charge < -0.3 is 9.64 Å². The van der Waals surface area contributed by atoms with Crippen LogP contribution in [0.5, 0.6) is 5.75 Å². The lowest BCUT2D eigenvalue weighted by atomic mass is 10.1. The minimum atomic E-state index is -0.376. The number of hydrogen-bond donors (Lipinski definition) is 1. The Morgan fingerprint density at radius 2 is 2.04 bits per heavy atom. The average molecular weight is 352 g/mol. The quantitative estimate of drug-likeness (QED) is 0.777. The van der Waals surface area contributed by atoms with Gasteiger partial charge in [-0.05, 0) is 37.6 Å². The lowest BCUT2D eigenvalue weighted by Crippen LogP contribution is -2.41. The monoisotopic (exact) mass is 352 g/mol. The average Bonchev–Trinajstić information content (AvgIpc) is 3.26. The Hall–Kier alpha value is -3.16. The number of aromatic amines is 1. The number of carbonyl (C=O) groups excluding carboxylic acids is 1. The Morgan fingerprint density at radius 3 is 2.69 bits per heavy atom. The molecule has 8 nitrogen and oxygen atoms in total. The number of ether oxygens (including phenoxy) is 1. The first-order valence-corrected chi connectivity index (χ1v) is 8.44. The molecule has 0 fully saturated rings. The zero-order chi connectivity index (χ0) is 18.3. The molecule has 1 atom stereocenters. The largest absolute Gasteiger partial charge is 0.497 e. The van der Waals surface area contributed by atoms with Gasteiger partial charge in [0.05, 0.1) is 13.7 Å². The third-order valence-electron chi connectivity index (χ3n) is 4.62. The summed E-state index contributed by atoms with van der Waals surface area (Å²) in [4.78, 5) is 14.7. The van der Waals surface area contributed by atoms with Crippen LogP contribution in [0.15, 0.2) is 30.3 Å². The van der Waals surface area contributed by atoms with Gasteiger partial charge in [-0.2, -0.15) is 5.10 Å². The van der Waals surface area contributed by atoms with E-state index in [0.717, 1.165) is 22.8 Å². The highest BCUT2D eigenvalue weighted by Gasteiger charge is 2.34. The van der Waals surface area contributed by atoms with E-state index in [4.69, 9.17) is 4.74 Å². The summed E-state index contributed by atoms with van der Waals surface area (Å²) < 4.78 is 7.06. The predicted molar refractivity (Wildman–Crippen MR) is 94.3 cm³/mol. The Kier molecular flexibility index (Phi) is 3.95. The van der Waals surface area contributed by atoms with Gasteiger partial charge in [-0.1, -0.05) is 12.1 Å². The van der Waals surface area contributed by atoms with Gasteiger partial charge in [0.2, 0.25) is 5.91 Å².